The number of rotatable bonds is 15. The van der Waals surface area contributed by atoms with Gasteiger partial charge in [-0.25, -0.2) is 0 Å². The van der Waals surface area contributed by atoms with Crippen LogP contribution in [0.1, 0.15) is 48.8 Å². The summed E-state index contributed by atoms with van der Waals surface area (Å²) in [4.78, 5) is 38.7. The Labute approximate surface area is 289 Å². The second-order valence-corrected chi connectivity index (χ2v) is 25.2. The third kappa shape index (κ3) is 8.37. The van der Waals surface area contributed by atoms with Crippen LogP contribution in [0.15, 0.2) is 60.7 Å². The minimum atomic E-state index is -1.80. The quantitative estimate of drug-likeness (QED) is 0.186. The second-order valence-electron chi connectivity index (χ2n) is 13.4. The predicted molar refractivity (Wildman–Crippen MR) is 185 cm³/mol. The van der Waals surface area contributed by atoms with E-state index in [1.54, 1.807) is 14.2 Å². The van der Waals surface area contributed by atoms with E-state index in [-0.39, 0.29) is 19.2 Å². The van der Waals surface area contributed by atoms with Crippen LogP contribution in [0.4, 0.5) is 5.69 Å². The van der Waals surface area contributed by atoms with Gasteiger partial charge in [0.1, 0.15) is 5.75 Å². The van der Waals surface area contributed by atoms with Gasteiger partial charge < -0.3 is 18.9 Å². The summed E-state index contributed by atoms with van der Waals surface area (Å²) in [5.41, 5.74) is 3.98. The number of carboxylic acid groups (broad SMARTS) is 1. The molecule has 3 aromatic rings. The van der Waals surface area contributed by atoms with Gasteiger partial charge in [0.05, 0.1) is 14.2 Å². The van der Waals surface area contributed by atoms with Gasteiger partial charge in [-0.05, 0) is 6.07 Å². The number of carbonyl (C=O) groups excluding carboxylic acids is 1. The standard InChI is InChI=1S/C38H50IN2O7/c1-7-8-18-41(29-14-11-12-26(19-29)22-39(2,3)4)35(42)24-40-23-30(28-20-33(46-6)37-34(21-28)47-25-48-37)36(38(43)44)31(40)17-16-27-13-9-10-15-32(27)45-5/h9-15,19-21,30-31,36H,7-8,16-18,22-25H2,1-6H3,(H,43,44)/q-1/t30-,31+,36-/m1/s1. The van der Waals surface area contributed by atoms with E-state index in [1.165, 1.54) is 5.56 Å². The summed E-state index contributed by atoms with van der Waals surface area (Å²) >= 11 is -1.80. The van der Waals surface area contributed by atoms with Crippen LogP contribution in [0.5, 0.6) is 23.0 Å². The van der Waals surface area contributed by atoms with Crippen molar-refractivity contribution in [2.75, 3.05) is 60.3 Å². The molecular formula is C38H50IN2O7-. The van der Waals surface area contributed by atoms with Gasteiger partial charge in [0, 0.05) is 0 Å². The van der Waals surface area contributed by atoms with Gasteiger partial charge in [-0.15, -0.1) is 0 Å². The number of unbranched alkanes of at least 4 members (excludes halogenated alkanes) is 1. The fourth-order valence-electron chi connectivity index (χ4n) is 7.01. The molecule has 3 aromatic carbocycles. The molecule has 0 saturated carbocycles. The number of anilines is 1. The molecule has 1 saturated heterocycles. The van der Waals surface area contributed by atoms with Crippen LogP contribution in [-0.4, -0.2) is 83.4 Å². The number of alkyl halides is 4. The number of amides is 1. The molecule has 0 spiro atoms. The van der Waals surface area contributed by atoms with Crippen LogP contribution in [-0.2, 0) is 20.4 Å². The first-order valence-electron chi connectivity index (χ1n) is 16.5. The van der Waals surface area contributed by atoms with E-state index in [2.05, 4.69) is 44.8 Å². The van der Waals surface area contributed by atoms with Crippen molar-refractivity contribution in [2.24, 2.45) is 5.92 Å². The molecule has 5 rings (SSSR count). The molecule has 1 N–H and O–H groups in total. The Kier molecular flexibility index (Phi) is 11.8. The number of carbonyl (C=O) groups is 2. The van der Waals surface area contributed by atoms with Gasteiger partial charge in [-0.1, -0.05) is 18.2 Å². The number of carboxylic acids is 1. The normalized spacial score (nSPS) is 19.2. The van der Waals surface area contributed by atoms with Gasteiger partial charge in [0.25, 0.3) is 0 Å². The van der Waals surface area contributed by atoms with Crippen molar-refractivity contribution in [1.82, 2.24) is 4.90 Å². The van der Waals surface area contributed by atoms with E-state index in [9.17, 15) is 14.7 Å². The van der Waals surface area contributed by atoms with Gasteiger partial charge in [0.2, 0.25) is 12.5 Å². The summed E-state index contributed by atoms with van der Waals surface area (Å²) in [5.74, 6) is 0.275. The number of fused-ring (bicyclic) bond motifs is 1. The molecule has 3 atom stereocenters. The monoisotopic (exact) mass is 773 g/mol. The fourth-order valence-corrected chi connectivity index (χ4v) is 10.1. The van der Waals surface area contributed by atoms with E-state index >= 15 is 0 Å². The molecule has 0 radical (unpaired) electrons. The summed E-state index contributed by atoms with van der Waals surface area (Å²) in [6.07, 6.45) is 2.99. The van der Waals surface area contributed by atoms with Crippen LogP contribution < -0.4 is 42.3 Å². The van der Waals surface area contributed by atoms with E-state index in [0.717, 1.165) is 39.8 Å². The summed E-state index contributed by atoms with van der Waals surface area (Å²) in [7, 11) is 3.21. The number of nitrogens with zero attached hydrogens (tertiary/aromatic N) is 2. The zero-order valence-electron chi connectivity index (χ0n) is 29.0. The third-order valence-corrected chi connectivity index (χ3v) is 12.4. The van der Waals surface area contributed by atoms with Crippen molar-refractivity contribution in [3.63, 3.8) is 0 Å². The van der Waals surface area contributed by atoms with E-state index < -0.39 is 42.3 Å². The molecule has 48 heavy (non-hydrogen) atoms. The average molecular weight is 774 g/mol. The van der Waals surface area contributed by atoms with Gasteiger partial charge in [-0.3, -0.25) is 0 Å². The maximum atomic E-state index is 14.4. The third-order valence-electron chi connectivity index (χ3n) is 9.20. The number of ether oxygens (including phenoxy) is 4. The average Bonchev–Trinajstić information content (AvgIpc) is 3.68. The van der Waals surface area contributed by atoms with Crippen molar-refractivity contribution in [3.8, 4) is 23.0 Å². The number of hydrogen-bond acceptors (Lipinski definition) is 7. The number of para-hydroxylation sites is 1. The van der Waals surface area contributed by atoms with Crippen LogP contribution in [0.2, 0.25) is 0 Å². The molecule has 0 aromatic heterocycles. The molecule has 262 valence electrons. The van der Waals surface area contributed by atoms with Crippen LogP contribution in [0.3, 0.4) is 0 Å². The Morgan fingerprint density at radius 2 is 1.77 bits per heavy atom. The number of benzene rings is 3. The summed E-state index contributed by atoms with van der Waals surface area (Å²) in [6.45, 7) is 3.34. The number of aryl methyl sites for hydroxylation is 1. The van der Waals surface area contributed by atoms with Crippen LogP contribution in [0.25, 0.3) is 0 Å². The number of hydrogen-bond donors (Lipinski definition) is 1. The first-order valence-corrected chi connectivity index (χ1v) is 24.5. The molecule has 1 amide bonds. The topological polar surface area (TPSA) is 97.8 Å². The Hall–Kier alpha value is -3.51. The molecular weight excluding hydrogens is 723 g/mol. The first kappa shape index (κ1) is 35.8. The molecule has 9 nitrogen and oxygen atoms in total. The van der Waals surface area contributed by atoms with Crippen molar-refractivity contribution in [2.45, 2.75) is 49.0 Å². The molecule has 2 aliphatic rings. The van der Waals surface area contributed by atoms with E-state index in [0.29, 0.717) is 43.2 Å². The zero-order valence-corrected chi connectivity index (χ0v) is 31.2. The van der Waals surface area contributed by atoms with E-state index in [4.69, 9.17) is 18.9 Å². The van der Waals surface area contributed by atoms with Crippen molar-refractivity contribution in [1.29, 1.82) is 0 Å². The Morgan fingerprint density at radius 3 is 2.48 bits per heavy atom. The second kappa shape index (κ2) is 15.8. The number of likely N-dealkylation sites (tertiary alicyclic amines) is 1. The zero-order chi connectivity index (χ0) is 34.4. The van der Waals surface area contributed by atoms with Gasteiger partial charge in [0.15, 0.2) is 11.5 Å². The number of methoxy groups -OCH3 is 2. The molecule has 2 aliphatic heterocycles. The van der Waals surface area contributed by atoms with Crippen LogP contribution in [0, 0.1) is 5.92 Å². The molecule has 2 heterocycles. The van der Waals surface area contributed by atoms with Gasteiger partial charge >= 0.3 is 203 Å². The first-order chi connectivity index (χ1) is 23.0. The number of halogens is 1. The Morgan fingerprint density at radius 1 is 1.00 bits per heavy atom. The van der Waals surface area contributed by atoms with Crippen molar-refractivity contribution in [3.05, 3.63) is 77.4 Å². The Bertz CT molecular complexity index is 1590. The molecule has 10 heteroatoms. The maximum absolute atomic E-state index is 14.4. The summed E-state index contributed by atoms with van der Waals surface area (Å²) in [5, 5.41) is 10.8. The molecule has 0 unspecified atom stereocenters. The van der Waals surface area contributed by atoms with E-state index in [1.807, 2.05) is 47.4 Å². The Balaban J connectivity index is 1.49. The molecule has 0 bridgehead atoms. The molecule has 0 aliphatic carbocycles. The van der Waals surface area contributed by atoms with Crippen molar-refractivity contribution >= 4 is 17.6 Å². The van der Waals surface area contributed by atoms with Crippen molar-refractivity contribution < 1.29 is 52.1 Å². The van der Waals surface area contributed by atoms with Crippen LogP contribution >= 0.6 is 0 Å². The SMILES string of the molecule is CCCCN(C(=O)CN1C[C@H](c2cc(OC)c3c(c2)OCO3)[C@@H](C(=O)O)[C@@H]1CCc1ccccc1OC)c1cccc(C[I-](C)(C)C)c1. The van der Waals surface area contributed by atoms with Gasteiger partial charge in [-0.2, -0.15) is 0 Å². The molecule has 1 fully saturated rings. The fraction of sp³-hybridized carbons (Fsp3) is 0.474. The predicted octanol–water partition coefficient (Wildman–Crippen LogP) is 2.92. The summed E-state index contributed by atoms with van der Waals surface area (Å²) in [6, 6.07) is 19.6. The minimum absolute atomic E-state index is 0.0208. The number of aliphatic carboxylic acids is 1. The summed E-state index contributed by atoms with van der Waals surface area (Å²) < 4.78 is 23.6.